The molecule has 0 saturated heterocycles. The maximum Gasteiger partial charge on any atom is 0.0541 e. The molecule has 0 amide bonds. The first-order chi connectivity index (χ1) is 8.74. The van der Waals surface area contributed by atoms with Crippen molar-refractivity contribution < 1.29 is 0 Å². The summed E-state index contributed by atoms with van der Waals surface area (Å²) in [6, 6.07) is 4.25. The summed E-state index contributed by atoms with van der Waals surface area (Å²) < 4.78 is 0.475. The molecule has 1 aliphatic rings. The molecule has 0 atom stereocenters. The molecule has 0 spiro atoms. The maximum atomic E-state index is 4.44. The Balaban J connectivity index is 1.81. The Labute approximate surface area is 115 Å². The van der Waals surface area contributed by atoms with Crippen LogP contribution < -0.4 is 5.32 Å². The van der Waals surface area contributed by atoms with Gasteiger partial charge in [-0.15, -0.1) is 0 Å². The van der Waals surface area contributed by atoms with E-state index in [0.29, 0.717) is 4.75 Å². The van der Waals surface area contributed by atoms with Gasteiger partial charge in [0, 0.05) is 24.0 Å². The van der Waals surface area contributed by atoms with Gasteiger partial charge in [0.2, 0.25) is 0 Å². The smallest absolute Gasteiger partial charge is 0.0541 e. The van der Waals surface area contributed by atoms with Crippen LogP contribution in [0.25, 0.3) is 0 Å². The van der Waals surface area contributed by atoms with Gasteiger partial charge in [0.1, 0.15) is 0 Å². The first kappa shape index (κ1) is 13.9. The Hall–Kier alpha value is -0.540. The summed E-state index contributed by atoms with van der Waals surface area (Å²) in [6.07, 6.45) is 11.1. The first-order valence-electron chi connectivity index (χ1n) is 6.91. The predicted octanol–water partition coefficient (Wildman–Crippen LogP) is 3.55. The number of nitrogens with zero attached hydrogens (tertiary/aromatic N) is 1. The Morgan fingerprint density at radius 2 is 2.06 bits per heavy atom. The first-order valence-corrected chi connectivity index (χ1v) is 8.14. The Morgan fingerprint density at radius 3 is 2.67 bits per heavy atom. The van der Waals surface area contributed by atoms with Crippen LogP contribution in [-0.4, -0.2) is 22.5 Å². The number of nitrogens with one attached hydrogen (secondary N) is 1. The summed E-state index contributed by atoms with van der Waals surface area (Å²) in [5.74, 6) is 0. The quantitative estimate of drug-likeness (QED) is 0.880. The van der Waals surface area contributed by atoms with E-state index in [1.54, 1.807) is 0 Å². The second-order valence-electron chi connectivity index (χ2n) is 5.38. The number of aromatic nitrogens is 1. The zero-order chi connectivity index (χ0) is 12.8. The fraction of sp³-hybridized carbons (Fsp3) is 0.667. The molecule has 1 heterocycles. The predicted molar refractivity (Wildman–Crippen MR) is 80.0 cm³/mol. The third kappa shape index (κ3) is 3.72. The van der Waals surface area contributed by atoms with Gasteiger partial charge < -0.3 is 5.32 Å². The van der Waals surface area contributed by atoms with Gasteiger partial charge in [0.25, 0.3) is 0 Å². The van der Waals surface area contributed by atoms with E-state index in [0.717, 1.165) is 18.8 Å². The average molecular weight is 264 g/mol. The van der Waals surface area contributed by atoms with E-state index in [1.165, 1.54) is 37.7 Å². The van der Waals surface area contributed by atoms with Crippen LogP contribution in [0.2, 0.25) is 0 Å². The summed E-state index contributed by atoms with van der Waals surface area (Å²) >= 11 is 2.05. The molecular formula is C15H24N2S. The van der Waals surface area contributed by atoms with Crippen LogP contribution in [0.4, 0.5) is 0 Å². The molecule has 18 heavy (non-hydrogen) atoms. The lowest BCUT2D eigenvalue weighted by Gasteiger charge is -2.36. The van der Waals surface area contributed by atoms with Gasteiger partial charge >= 0.3 is 0 Å². The molecule has 0 bridgehead atoms. The van der Waals surface area contributed by atoms with Crippen LogP contribution in [-0.2, 0) is 6.54 Å². The van der Waals surface area contributed by atoms with Gasteiger partial charge in [-0.25, -0.2) is 0 Å². The summed E-state index contributed by atoms with van der Waals surface area (Å²) in [5.41, 5.74) is 2.37. The van der Waals surface area contributed by atoms with Gasteiger partial charge in [-0.3, -0.25) is 4.98 Å². The Morgan fingerprint density at radius 1 is 1.28 bits per heavy atom. The summed E-state index contributed by atoms with van der Waals surface area (Å²) in [6.45, 7) is 4.08. The van der Waals surface area contributed by atoms with Crippen molar-refractivity contribution in [1.82, 2.24) is 10.3 Å². The summed E-state index contributed by atoms with van der Waals surface area (Å²) in [5, 5.41) is 3.60. The van der Waals surface area contributed by atoms with Crippen molar-refractivity contribution >= 4 is 11.8 Å². The molecule has 1 fully saturated rings. The minimum Gasteiger partial charge on any atom is -0.310 e. The second-order valence-corrected chi connectivity index (χ2v) is 6.65. The summed E-state index contributed by atoms with van der Waals surface area (Å²) in [4.78, 5) is 4.44. The minimum atomic E-state index is 0.475. The highest BCUT2D eigenvalue weighted by molar-refractivity contribution is 8.00. The van der Waals surface area contributed by atoms with Crippen molar-refractivity contribution in [2.75, 3.05) is 12.8 Å². The van der Waals surface area contributed by atoms with Crippen molar-refractivity contribution in [3.63, 3.8) is 0 Å². The van der Waals surface area contributed by atoms with E-state index in [2.05, 4.69) is 35.6 Å². The highest BCUT2D eigenvalue weighted by atomic mass is 32.2. The maximum absolute atomic E-state index is 4.44. The molecule has 1 N–H and O–H groups in total. The van der Waals surface area contributed by atoms with E-state index in [-0.39, 0.29) is 0 Å². The fourth-order valence-electron chi connectivity index (χ4n) is 2.67. The van der Waals surface area contributed by atoms with Crippen molar-refractivity contribution in [3.05, 3.63) is 29.6 Å². The lowest BCUT2D eigenvalue weighted by molar-refractivity contribution is 0.379. The third-order valence-electron chi connectivity index (χ3n) is 3.92. The number of aryl methyl sites for hydroxylation is 1. The number of rotatable bonds is 5. The van der Waals surface area contributed by atoms with Gasteiger partial charge in [-0.2, -0.15) is 11.8 Å². The molecule has 3 heteroatoms. The number of pyridine rings is 1. The molecule has 2 rings (SSSR count). The molecule has 1 aromatic rings. The van der Waals surface area contributed by atoms with E-state index in [1.807, 2.05) is 18.0 Å². The lowest BCUT2D eigenvalue weighted by atomic mass is 9.88. The van der Waals surface area contributed by atoms with Gasteiger partial charge in [0.15, 0.2) is 0 Å². The second kappa shape index (κ2) is 6.58. The fourth-order valence-corrected chi connectivity index (χ4v) is 3.61. The van der Waals surface area contributed by atoms with E-state index in [4.69, 9.17) is 0 Å². The van der Waals surface area contributed by atoms with Gasteiger partial charge in [-0.05, 0) is 37.7 Å². The molecule has 0 aromatic carbocycles. The van der Waals surface area contributed by atoms with Crippen LogP contribution >= 0.6 is 11.8 Å². The third-order valence-corrected chi connectivity index (χ3v) is 5.34. The van der Waals surface area contributed by atoms with Crippen molar-refractivity contribution in [3.8, 4) is 0 Å². The van der Waals surface area contributed by atoms with Crippen LogP contribution in [0, 0.1) is 6.92 Å². The molecule has 2 nitrogen and oxygen atoms in total. The average Bonchev–Trinajstić information content (AvgIpc) is 2.42. The molecule has 1 saturated carbocycles. The van der Waals surface area contributed by atoms with Crippen LogP contribution in [0.3, 0.4) is 0 Å². The van der Waals surface area contributed by atoms with Crippen LogP contribution in [0.1, 0.15) is 43.4 Å². The molecule has 1 aliphatic carbocycles. The SMILES string of the molecule is CSC1(CNCc2ccc(C)cn2)CCCCC1. The number of thioether (sulfide) groups is 1. The highest BCUT2D eigenvalue weighted by Gasteiger charge is 2.30. The molecular weight excluding hydrogens is 240 g/mol. The Bertz CT molecular complexity index is 355. The lowest BCUT2D eigenvalue weighted by Crippen LogP contribution is -2.39. The highest BCUT2D eigenvalue weighted by Crippen LogP contribution is 2.37. The van der Waals surface area contributed by atoms with Crippen molar-refractivity contribution in [1.29, 1.82) is 0 Å². The molecule has 1 aromatic heterocycles. The summed E-state index contributed by atoms with van der Waals surface area (Å²) in [7, 11) is 0. The van der Waals surface area contributed by atoms with Crippen LogP contribution in [0.15, 0.2) is 18.3 Å². The van der Waals surface area contributed by atoms with Gasteiger partial charge in [-0.1, -0.05) is 25.3 Å². The van der Waals surface area contributed by atoms with Crippen molar-refractivity contribution in [2.45, 2.75) is 50.3 Å². The minimum absolute atomic E-state index is 0.475. The van der Waals surface area contributed by atoms with E-state index >= 15 is 0 Å². The number of hydrogen-bond acceptors (Lipinski definition) is 3. The normalized spacial score (nSPS) is 18.8. The topological polar surface area (TPSA) is 24.9 Å². The standard InChI is InChI=1S/C15H24N2S/c1-13-6-7-14(17-10-13)11-16-12-15(18-2)8-4-3-5-9-15/h6-7,10,16H,3-5,8-9,11-12H2,1-2H3. The number of hydrogen-bond donors (Lipinski definition) is 1. The van der Waals surface area contributed by atoms with Crippen molar-refractivity contribution in [2.24, 2.45) is 0 Å². The van der Waals surface area contributed by atoms with Crippen LogP contribution in [0.5, 0.6) is 0 Å². The zero-order valence-corrected chi connectivity index (χ0v) is 12.4. The molecule has 0 aliphatic heterocycles. The zero-order valence-electron chi connectivity index (χ0n) is 11.5. The van der Waals surface area contributed by atoms with E-state index < -0.39 is 0 Å². The largest absolute Gasteiger partial charge is 0.310 e. The van der Waals surface area contributed by atoms with Gasteiger partial charge in [0.05, 0.1) is 5.69 Å². The monoisotopic (exact) mass is 264 g/mol. The molecule has 0 unspecified atom stereocenters. The molecule has 100 valence electrons. The molecule has 0 radical (unpaired) electrons. The van der Waals surface area contributed by atoms with E-state index in [9.17, 15) is 0 Å². The Kier molecular flexibility index (Phi) is 5.07.